The van der Waals surface area contributed by atoms with Gasteiger partial charge in [0.05, 0.1) is 6.54 Å². The molecule has 0 aliphatic heterocycles. The normalized spacial score (nSPS) is 20.9. The zero-order chi connectivity index (χ0) is 16.4. The monoisotopic (exact) mass is 304 g/mol. The van der Waals surface area contributed by atoms with Gasteiger partial charge in [0.25, 0.3) is 0 Å². The van der Waals surface area contributed by atoms with Crippen LogP contribution in [-0.4, -0.2) is 29.0 Å². The van der Waals surface area contributed by atoms with Crippen molar-refractivity contribution in [3.63, 3.8) is 0 Å². The second kappa shape index (κ2) is 6.08. The Morgan fingerprint density at radius 3 is 2.68 bits per heavy atom. The van der Waals surface area contributed by atoms with E-state index in [1.165, 1.54) is 6.92 Å². The van der Waals surface area contributed by atoms with Crippen LogP contribution in [0.25, 0.3) is 0 Å². The first-order chi connectivity index (χ1) is 10.2. The number of rotatable bonds is 4. The SMILES string of the molecule is CC(=O)NC(C)(C)C(=O)NCC1(O)CCCc2ccccc21. The lowest BCUT2D eigenvalue weighted by atomic mass is 9.79. The molecule has 0 radical (unpaired) electrons. The molecule has 1 aliphatic carbocycles. The van der Waals surface area contributed by atoms with Crippen LogP contribution in [0.5, 0.6) is 0 Å². The van der Waals surface area contributed by atoms with Gasteiger partial charge < -0.3 is 15.7 Å². The summed E-state index contributed by atoms with van der Waals surface area (Å²) in [6, 6.07) is 7.80. The van der Waals surface area contributed by atoms with Crippen LogP contribution >= 0.6 is 0 Å². The first-order valence-corrected chi connectivity index (χ1v) is 7.62. The van der Waals surface area contributed by atoms with Gasteiger partial charge in [-0.2, -0.15) is 0 Å². The van der Waals surface area contributed by atoms with Gasteiger partial charge in [-0.3, -0.25) is 9.59 Å². The summed E-state index contributed by atoms with van der Waals surface area (Å²) >= 11 is 0. The molecule has 0 saturated heterocycles. The van der Waals surface area contributed by atoms with Crippen molar-refractivity contribution in [1.29, 1.82) is 0 Å². The second-order valence-corrected chi connectivity index (χ2v) is 6.53. The zero-order valence-corrected chi connectivity index (χ0v) is 13.4. The third-order valence-corrected chi connectivity index (χ3v) is 4.15. The average molecular weight is 304 g/mol. The van der Waals surface area contributed by atoms with Gasteiger partial charge in [0.15, 0.2) is 0 Å². The number of carbonyl (C=O) groups is 2. The van der Waals surface area contributed by atoms with Gasteiger partial charge in [0, 0.05) is 6.92 Å². The highest BCUT2D eigenvalue weighted by Crippen LogP contribution is 2.34. The van der Waals surface area contributed by atoms with E-state index in [2.05, 4.69) is 10.6 Å². The summed E-state index contributed by atoms with van der Waals surface area (Å²) in [6.45, 7) is 4.80. The van der Waals surface area contributed by atoms with E-state index in [-0.39, 0.29) is 18.4 Å². The Morgan fingerprint density at radius 2 is 2.00 bits per heavy atom. The van der Waals surface area contributed by atoms with Crippen LogP contribution in [0.2, 0.25) is 0 Å². The number of carbonyl (C=O) groups excluding carboxylic acids is 2. The summed E-state index contributed by atoms with van der Waals surface area (Å²) in [4.78, 5) is 23.4. The fraction of sp³-hybridized carbons (Fsp3) is 0.529. The van der Waals surface area contributed by atoms with E-state index in [1.807, 2.05) is 24.3 Å². The maximum absolute atomic E-state index is 12.3. The van der Waals surface area contributed by atoms with E-state index in [4.69, 9.17) is 0 Å². The summed E-state index contributed by atoms with van der Waals surface area (Å²) in [5.41, 5.74) is -0.0294. The molecule has 1 aliphatic rings. The van der Waals surface area contributed by atoms with E-state index in [0.29, 0.717) is 6.42 Å². The Hall–Kier alpha value is -1.88. The van der Waals surface area contributed by atoms with Gasteiger partial charge in [-0.15, -0.1) is 0 Å². The summed E-state index contributed by atoms with van der Waals surface area (Å²) in [5, 5.41) is 16.3. The number of aryl methyl sites for hydroxylation is 1. The molecule has 1 unspecified atom stereocenters. The quantitative estimate of drug-likeness (QED) is 0.783. The first-order valence-electron chi connectivity index (χ1n) is 7.62. The molecular formula is C17H24N2O3. The van der Waals surface area contributed by atoms with Crippen LogP contribution in [0.4, 0.5) is 0 Å². The van der Waals surface area contributed by atoms with E-state index in [1.54, 1.807) is 13.8 Å². The predicted octanol–water partition coefficient (Wildman–Crippen LogP) is 1.24. The fourth-order valence-electron chi connectivity index (χ4n) is 3.03. The number of hydrogen-bond acceptors (Lipinski definition) is 3. The van der Waals surface area contributed by atoms with Crippen LogP contribution in [-0.2, 0) is 21.6 Å². The molecule has 1 aromatic carbocycles. The average Bonchev–Trinajstić information content (AvgIpc) is 2.44. The number of aliphatic hydroxyl groups is 1. The summed E-state index contributed by atoms with van der Waals surface area (Å²) < 4.78 is 0. The van der Waals surface area contributed by atoms with Crippen molar-refractivity contribution < 1.29 is 14.7 Å². The van der Waals surface area contributed by atoms with Gasteiger partial charge in [-0.05, 0) is 44.2 Å². The molecule has 1 aromatic rings. The van der Waals surface area contributed by atoms with Crippen molar-refractivity contribution in [2.24, 2.45) is 0 Å². The minimum atomic E-state index is -1.04. The largest absolute Gasteiger partial charge is 0.383 e. The summed E-state index contributed by atoms with van der Waals surface area (Å²) in [6.07, 6.45) is 2.45. The van der Waals surface area contributed by atoms with Crippen molar-refractivity contribution in [3.8, 4) is 0 Å². The van der Waals surface area contributed by atoms with Crippen molar-refractivity contribution in [2.75, 3.05) is 6.54 Å². The molecule has 3 N–H and O–H groups in total. The molecular weight excluding hydrogens is 280 g/mol. The Labute approximate surface area is 131 Å². The molecule has 1 atom stereocenters. The molecule has 120 valence electrons. The minimum Gasteiger partial charge on any atom is -0.383 e. The molecule has 5 nitrogen and oxygen atoms in total. The van der Waals surface area contributed by atoms with E-state index in [9.17, 15) is 14.7 Å². The van der Waals surface area contributed by atoms with Crippen LogP contribution < -0.4 is 10.6 Å². The molecule has 5 heteroatoms. The number of fused-ring (bicyclic) bond motifs is 1. The van der Waals surface area contributed by atoms with Gasteiger partial charge in [0.2, 0.25) is 11.8 Å². The van der Waals surface area contributed by atoms with Crippen molar-refractivity contribution >= 4 is 11.8 Å². The Balaban J connectivity index is 2.08. The predicted molar refractivity (Wildman–Crippen MR) is 84.2 cm³/mol. The Bertz CT molecular complexity index is 583. The highest BCUT2D eigenvalue weighted by Gasteiger charge is 2.36. The Morgan fingerprint density at radius 1 is 1.32 bits per heavy atom. The number of nitrogens with one attached hydrogen (secondary N) is 2. The highest BCUT2D eigenvalue weighted by atomic mass is 16.3. The summed E-state index contributed by atoms with van der Waals surface area (Å²) in [5.74, 6) is -0.568. The molecule has 0 bridgehead atoms. The molecule has 22 heavy (non-hydrogen) atoms. The maximum Gasteiger partial charge on any atom is 0.245 e. The third-order valence-electron chi connectivity index (χ3n) is 4.15. The molecule has 0 spiro atoms. The van der Waals surface area contributed by atoms with E-state index >= 15 is 0 Å². The van der Waals surface area contributed by atoms with Crippen molar-refractivity contribution in [1.82, 2.24) is 10.6 Å². The second-order valence-electron chi connectivity index (χ2n) is 6.53. The van der Waals surface area contributed by atoms with Gasteiger partial charge in [-0.25, -0.2) is 0 Å². The topological polar surface area (TPSA) is 78.4 Å². The summed E-state index contributed by atoms with van der Waals surface area (Å²) in [7, 11) is 0. The van der Waals surface area contributed by atoms with E-state index < -0.39 is 11.1 Å². The van der Waals surface area contributed by atoms with Gasteiger partial charge in [0.1, 0.15) is 11.1 Å². The van der Waals surface area contributed by atoms with Crippen LogP contribution in [0, 0.1) is 0 Å². The minimum absolute atomic E-state index is 0.145. The van der Waals surface area contributed by atoms with Crippen molar-refractivity contribution in [3.05, 3.63) is 35.4 Å². The molecule has 2 amide bonds. The van der Waals surface area contributed by atoms with Gasteiger partial charge >= 0.3 is 0 Å². The number of amides is 2. The number of benzene rings is 1. The molecule has 0 heterocycles. The molecule has 0 saturated carbocycles. The maximum atomic E-state index is 12.3. The van der Waals surface area contributed by atoms with Crippen LogP contribution in [0.15, 0.2) is 24.3 Å². The molecule has 0 fully saturated rings. The lowest BCUT2D eigenvalue weighted by Crippen LogP contribution is -2.56. The number of hydrogen-bond donors (Lipinski definition) is 3. The van der Waals surface area contributed by atoms with Crippen LogP contribution in [0.1, 0.15) is 44.7 Å². The lowest BCUT2D eigenvalue weighted by molar-refractivity contribution is -0.132. The molecule has 2 rings (SSSR count). The smallest absolute Gasteiger partial charge is 0.245 e. The standard InChI is InChI=1S/C17H24N2O3/c1-12(20)19-16(2,3)15(21)18-11-17(22)10-6-8-13-7-4-5-9-14(13)17/h4-5,7,9,22H,6,8,10-11H2,1-3H3,(H,18,21)(H,19,20). The molecule has 0 aromatic heterocycles. The lowest BCUT2D eigenvalue weighted by Gasteiger charge is -2.35. The van der Waals surface area contributed by atoms with E-state index in [0.717, 1.165) is 24.0 Å². The first kappa shape index (κ1) is 16.5. The fourth-order valence-corrected chi connectivity index (χ4v) is 3.03. The third kappa shape index (κ3) is 3.47. The zero-order valence-electron chi connectivity index (χ0n) is 13.4. The van der Waals surface area contributed by atoms with Gasteiger partial charge in [-0.1, -0.05) is 24.3 Å². The van der Waals surface area contributed by atoms with Crippen molar-refractivity contribution in [2.45, 2.75) is 51.2 Å². The highest BCUT2D eigenvalue weighted by molar-refractivity contribution is 5.90. The van der Waals surface area contributed by atoms with Crippen LogP contribution in [0.3, 0.4) is 0 Å². The Kier molecular flexibility index (Phi) is 4.56.